The number of aliphatic carboxylic acids is 2. The van der Waals surface area contributed by atoms with E-state index in [1.165, 1.54) is 5.56 Å². The molecule has 12 heteroatoms. The highest BCUT2D eigenvalue weighted by molar-refractivity contribution is 7.99. The molecule has 56 heavy (non-hydrogen) atoms. The normalized spacial score (nSPS) is 17.9. The van der Waals surface area contributed by atoms with E-state index in [4.69, 9.17) is 14.9 Å². The number of aryl methyl sites for hydroxylation is 1. The van der Waals surface area contributed by atoms with Gasteiger partial charge in [0.15, 0.2) is 5.78 Å². The molecule has 3 atom stereocenters. The summed E-state index contributed by atoms with van der Waals surface area (Å²) in [5, 5.41) is 17.3. The molecule has 2 aromatic carbocycles. The number of allylic oxidation sites excluding steroid dienone is 1. The molecule has 2 N–H and O–H groups in total. The molecule has 2 aliphatic rings. The van der Waals surface area contributed by atoms with Crippen LogP contribution in [0.2, 0.25) is 0 Å². The van der Waals surface area contributed by atoms with Crippen molar-refractivity contribution in [2.75, 3.05) is 43.2 Å². The second-order valence-corrected chi connectivity index (χ2v) is 16.4. The maximum absolute atomic E-state index is 12.4. The number of ether oxygens (including phenoxy) is 1. The van der Waals surface area contributed by atoms with Gasteiger partial charge in [0.1, 0.15) is 0 Å². The molecule has 2 saturated heterocycles. The summed E-state index contributed by atoms with van der Waals surface area (Å²) >= 11 is 3.39. The molecule has 2 aliphatic heterocycles. The predicted molar refractivity (Wildman–Crippen MR) is 226 cm³/mol. The van der Waals surface area contributed by atoms with E-state index in [2.05, 4.69) is 24.3 Å². The minimum absolute atomic E-state index is 0.00771. The number of piperidine rings is 2. The summed E-state index contributed by atoms with van der Waals surface area (Å²) in [6.07, 6.45) is 16.3. The van der Waals surface area contributed by atoms with Crippen LogP contribution in [0.1, 0.15) is 81.8 Å². The van der Waals surface area contributed by atoms with Crippen molar-refractivity contribution in [2.24, 2.45) is 0 Å². The molecular weight excluding hydrogens is 749 g/mol. The van der Waals surface area contributed by atoms with E-state index < -0.39 is 11.9 Å². The zero-order chi connectivity index (χ0) is 40.4. The summed E-state index contributed by atoms with van der Waals surface area (Å²) in [6, 6.07) is 20.3. The van der Waals surface area contributed by atoms with Gasteiger partial charge in [-0.05, 0) is 73.7 Å². The second kappa shape index (κ2) is 27.7. The van der Waals surface area contributed by atoms with Crippen LogP contribution in [0.15, 0.2) is 85.0 Å². The number of hydrogen-bond donors (Lipinski definition) is 2. The Labute approximate surface area is 341 Å². The molecule has 0 radical (unpaired) electrons. The fourth-order valence-electron chi connectivity index (χ4n) is 6.60. The standard InChI is InChI=1S/C22H31NO4S.C22H29NO4S/c1-27-20(17-18-7-3-2-4-8-18)13-12-19-9-5-10-21(24)23(19)14-16-28-15-6-11-22(25)26;24-20(13-11-18-6-2-1-3-7-18)14-12-19-8-4-9-21(25)23(19)15-17-28-16-5-10-22(26)27/h2-4,7-8,12-13,19-20H,5-6,9-11,14-17H2,1H3,(H,25,26);1-3,6-7,12,14,19H,4-5,8-11,13,15-17H2,(H,26,27)/t19-,20?;19-/m11/s1. The molecule has 2 heterocycles. The van der Waals surface area contributed by atoms with Gasteiger partial charge < -0.3 is 24.7 Å². The smallest absolute Gasteiger partial charge is 0.303 e. The molecule has 306 valence electrons. The van der Waals surface area contributed by atoms with E-state index in [0.29, 0.717) is 45.2 Å². The van der Waals surface area contributed by atoms with Crippen molar-refractivity contribution in [3.8, 4) is 0 Å². The van der Waals surface area contributed by atoms with E-state index in [1.54, 1.807) is 36.7 Å². The Balaban J connectivity index is 0.000000300. The van der Waals surface area contributed by atoms with Crippen LogP contribution in [0.4, 0.5) is 0 Å². The van der Waals surface area contributed by atoms with Gasteiger partial charge in [-0.2, -0.15) is 23.5 Å². The summed E-state index contributed by atoms with van der Waals surface area (Å²) < 4.78 is 5.61. The number of rotatable bonds is 24. The van der Waals surface area contributed by atoms with Gasteiger partial charge in [-0.25, -0.2) is 0 Å². The van der Waals surface area contributed by atoms with Crippen molar-refractivity contribution < 1.29 is 38.9 Å². The van der Waals surface area contributed by atoms with E-state index in [0.717, 1.165) is 67.1 Å². The molecule has 0 spiro atoms. The number of nitrogens with zero attached hydrogens (tertiary/aromatic N) is 2. The zero-order valence-electron chi connectivity index (χ0n) is 32.8. The van der Waals surface area contributed by atoms with Crippen LogP contribution in [0.5, 0.6) is 0 Å². The molecular formula is C44H60N2O8S2. The van der Waals surface area contributed by atoms with Crippen LogP contribution in [0.25, 0.3) is 0 Å². The van der Waals surface area contributed by atoms with E-state index in [9.17, 15) is 24.0 Å². The molecule has 2 fully saturated rings. The van der Waals surface area contributed by atoms with Crippen LogP contribution < -0.4 is 0 Å². The summed E-state index contributed by atoms with van der Waals surface area (Å²) in [4.78, 5) is 61.8. The number of carbonyl (C=O) groups is 5. The lowest BCUT2D eigenvalue weighted by atomic mass is 9.99. The molecule has 2 amide bonds. The predicted octanol–water partition coefficient (Wildman–Crippen LogP) is 7.50. The van der Waals surface area contributed by atoms with E-state index in [-0.39, 0.29) is 48.6 Å². The summed E-state index contributed by atoms with van der Waals surface area (Å²) in [5.41, 5.74) is 2.38. The molecule has 0 saturated carbocycles. The van der Waals surface area contributed by atoms with Crippen LogP contribution in [-0.4, -0.2) is 111 Å². The largest absolute Gasteiger partial charge is 0.481 e. The van der Waals surface area contributed by atoms with Crippen LogP contribution in [-0.2, 0) is 41.6 Å². The zero-order valence-corrected chi connectivity index (χ0v) is 34.4. The number of amides is 2. The Morgan fingerprint density at radius 3 is 1.73 bits per heavy atom. The highest BCUT2D eigenvalue weighted by Gasteiger charge is 2.27. The number of carbonyl (C=O) groups excluding carboxylic acids is 3. The van der Waals surface area contributed by atoms with Crippen molar-refractivity contribution in [3.05, 3.63) is 96.1 Å². The van der Waals surface area contributed by atoms with Crippen molar-refractivity contribution in [1.29, 1.82) is 0 Å². The Morgan fingerprint density at radius 2 is 1.23 bits per heavy atom. The Kier molecular flexibility index (Phi) is 23.0. The topological polar surface area (TPSA) is 142 Å². The van der Waals surface area contributed by atoms with Crippen LogP contribution in [0, 0.1) is 0 Å². The Hall–Kier alpha value is -3.87. The van der Waals surface area contributed by atoms with Gasteiger partial charge in [0.25, 0.3) is 0 Å². The lowest BCUT2D eigenvalue weighted by molar-refractivity contribution is -0.138. The third-order valence-corrected chi connectivity index (χ3v) is 11.8. The number of thioether (sulfide) groups is 2. The van der Waals surface area contributed by atoms with Gasteiger partial charge in [-0.15, -0.1) is 0 Å². The van der Waals surface area contributed by atoms with E-state index in [1.807, 2.05) is 64.4 Å². The summed E-state index contributed by atoms with van der Waals surface area (Å²) in [7, 11) is 1.72. The average Bonchev–Trinajstić information content (AvgIpc) is 3.19. The molecule has 4 rings (SSSR count). The number of carboxylic acid groups (broad SMARTS) is 2. The minimum atomic E-state index is -0.769. The molecule has 0 aromatic heterocycles. The van der Waals surface area contributed by atoms with Crippen LogP contribution >= 0.6 is 23.5 Å². The Morgan fingerprint density at radius 1 is 0.732 bits per heavy atom. The molecule has 10 nitrogen and oxygen atoms in total. The monoisotopic (exact) mass is 808 g/mol. The number of hydrogen-bond acceptors (Lipinski definition) is 8. The van der Waals surface area contributed by atoms with E-state index >= 15 is 0 Å². The van der Waals surface area contributed by atoms with Gasteiger partial charge in [-0.3, -0.25) is 24.0 Å². The van der Waals surface area contributed by atoms with Gasteiger partial charge in [-0.1, -0.05) is 78.9 Å². The number of carboxylic acids is 2. The average molecular weight is 809 g/mol. The number of likely N-dealkylation sites (tertiary alicyclic amines) is 2. The molecule has 2 aromatic rings. The highest BCUT2D eigenvalue weighted by atomic mass is 32.2. The van der Waals surface area contributed by atoms with Gasteiger partial charge in [0, 0.05) is 70.2 Å². The maximum atomic E-state index is 12.4. The Bertz CT molecular complexity index is 1540. The van der Waals surface area contributed by atoms with Crippen LogP contribution in [0.3, 0.4) is 0 Å². The number of ketones is 1. The number of benzene rings is 2. The second-order valence-electron chi connectivity index (χ2n) is 14.0. The minimum Gasteiger partial charge on any atom is -0.481 e. The fourth-order valence-corrected chi connectivity index (χ4v) is 8.35. The van der Waals surface area contributed by atoms with Crippen molar-refractivity contribution in [3.63, 3.8) is 0 Å². The lowest BCUT2D eigenvalue weighted by Crippen LogP contribution is -2.44. The first kappa shape index (κ1) is 46.5. The van der Waals surface area contributed by atoms with Gasteiger partial charge >= 0.3 is 11.9 Å². The SMILES string of the molecule is COC(C=C[C@H]1CCCC(=O)N1CCSCCCC(=O)O)Cc1ccccc1.O=C(O)CCCSCCN1C(=O)CCC[C@@H]1C=CC(=O)CCc1ccccc1. The maximum Gasteiger partial charge on any atom is 0.303 e. The molecule has 0 aliphatic carbocycles. The highest BCUT2D eigenvalue weighted by Crippen LogP contribution is 2.22. The van der Waals surface area contributed by atoms with Gasteiger partial charge in [0.2, 0.25) is 11.8 Å². The molecule has 0 bridgehead atoms. The summed E-state index contributed by atoms with van der Waals surface area (Å²) in [6.45, 7) is 1.35. The quantitative estimate of drug-likeness (QED) is 0.0622. The first-order chi connectivity index (χ1) is 27.2. The number of methoxy groups -OCH3 is 1. The third-order valence-electron chi connectivity index (χ3n) is 9.67. The van der Waals surface area contributed by atoms with Crippen molar-refractivity contribution >= 4 is 53.1 Å². The fraction of sp³-hybridized carbons (Fsp3) is 0.523. The summed E-state index contributed by atoms with van der Waals surface area (Å²) in [5.74, 6) is 2.15. The molecule has 1 unspecified atom stereocenters. The van der Waals surface area contributed by atoms with Crippen molar-refractivity contribution in [2.45, 2.75) is 102 Å². The van der Waals surface area contributed by atoms with Gasteiger partial charge in [0.05, 0.1) is 18.2 Å². The lowest BCUT2D eigenvalue weighted by Gasteiger charge is -2.34. The third kappa shape index (κ3) is 19.3. The first-order valence-electron chi connectivity index (χ1n) is 19.8. The van der Waals surface area contributed by atoms with Crippen molar-refractivity contribution in [1.82, 2.24) is 9.80 Å². The first-order valence-corrected chi connectivity index (χ1v) is 22.1.